The zero-order chi connectivity index (χ0) is 17.5. The zero-order valence-corrected chi connectivity index (χ0v) is 13.5. The Hall–Kier alpha value is -2.24. The maximum Gasteiger partial charge on any atom is 0.163 e. The van der Waals surface area contributed by atoms with E-state index in [2.05, 4.69) is 6.07 Å². The van der Waals surface area contributed by atoms with Crippen molar-refractivity contribution in [3.63, 3.8) is 0 Å². The number of allylic oxidation sites excluding steroid dienone is 1. The first-order valence-electron chi connectivity index (χ1n) is 8.08. The summed E-state index contributed by atoms with van der Waals surface area (Å²) < 4.78 is 28.6. The van der Waals surface area contributed by atoms with Gasteiger partial charge in [0.15, 0.2) is 5.83 Å². The van der Waals surface area contributed by atoms with Crippen LogP contribution in [0.3, 0.4) is 0 Å². The van der Waals surface area contributed by atoms with E-state index in [1.807, 2.05) is 6.07 Å². The molecule has 1 N–H and O–H groups in total. The van der Waals surface area contributed by atoms with E-state index in [0.717, 1.165) is 5.56 Å². The fourth-order valence-electron chi connectivity index (χ4n) is 3.98. The summed E-state index contributed by atoms with van der Waals surface area (Å²) in [5, 5.41) is 28.7. The van der Waals surface area contributed by atoms with Gasteiger partial charge in [-0.05, 0) is 56.6 Å². The normalized spacial score (nSPS) is 28.6. The SMILES string of the molecule is Cc1ccc(CCC23CCC(O)(CC2)C(F)=C3F)c(C#N)c1C#N. The second kappa shape index (κ2) is 5.69. The third-order valence-corrected chi connectivity index (χ3v) is 5.70. The van der Waals surface area contributed by atoms with E-state index < -0.39 is 22.7 Å². The van der Waals surface area contributed by atoms with Crippen molar-refractivity contribution in [3.8, 4) is 12.1 Å². The van der Waals surface area contributed by atoms with Crippen LogP contribution in [-0.2, 0) is 6.42 Å². The van der Waals surface area contributed by atoms with E-state index in [1.54, 1.807) is 19.1 Å². The molecule has 124 valence electrons. The van der Waals surface area contributed by atoms with Crippen molar-refractivity contribution in [1.82, 2.24) is 0 Å². The predicted octanol–water partition coefficient (Wildman–Crippen LogP) is 4.13. The van der Waals surface area contributed by atoms with E-state index in [-0.39, 0.29) is 12.8 Å². The van der Waals surface area contributed by atoms with Crippen LogP contribution in [0.2, 0.25) is 0 Å². The number of aliphatic hydroxyl groups is 1. The lowest BCUT2D eigenvalue weighted by Gasteiger charge is -2.48. The van der Waals surface area contributed by atoms with E-state index in [4.69, 9.17) is 0 Å². The van der Waals surface area contributed by atoms with Crippen LogP contribution in [0.4, 0.5) is 8.78 Å². The van der Waals surface area contributed by atoms with E-state index >= 15 is 0 Å². The third kappa shape index (κ3) is 2.32. The van der Waals surface area contributed by atoms with Crippen molar-refractivity contribution in [2.45, 2.75) is 51.0 Å². The number of hydrogen-bond donors (Lipinski definition) is 1. The monoisotopic (exact) mass is 328 g/mol. The molecule has 3 nitrogen and oxygen atoms in total. The molecule has 1 aromatic carbocycles. The van der Waals surface area contributed by atoms with Gasteiger partial charge in [-0.3, -0.25) is 0 Å². The van der Waals surface area contributed by atoms with E-state index in [1.165, 1.54) is 0 Å². The fraction of sp³-hybridized carbons (Fsp3) is 0.474. The molecule has 4 rings (SSSR count). The van der Waals surface area contributed by atoms with Crippen LogP contribution in [0.15, 0.2) is 23.8 Å². The quantitative estimate of drug-likeness (QED) is 0.907. The topological polar surface area (TPSA) is 67.8 Å². The lowest BCUT2D eigenvalue weighted by atomic mass is 9.60. The molecular weight excluding hydrogens is 310 g/mol. The van der Waals surface area contributed by atoms with Crippen LogP contribution < -0.4 is 0 Å². The van der Waals surface area contributed by atoms with Crippen molar-refractivity contribution in [2.75, 3.05) is 0 Å². The van der Waals surface area contributed by atoms with Gasteiger partial charge >= 0.3 is 0 Å². The molecule has 5 heteroatoms. The minimum absolute atomic E-state index is 0.231. The van der Waals surface area contributed by atoms with Gasteiger partial charge in [-0.1, -0.05) is 12.1 Å². The smallest absolute Gasteiger partial charge is 0.163 e. The first-order valence-corrected chi connectivity index (χ1v) is 8.08. The molecule has 3 aliphatic rings. The lowest BCUT2D eigenvalue weighted by Crippen LogP contribution is -2.46. The molecule has 0 heterocycles. The molecule has 0 aromatic heterocycles. The van der Waals surface area contributed by atoms with Gasteiger partial charge in [-0.25, -0.2) is 8.78 Å². The summed E-state index contributed by atoms with van der Waals surface area (Å²) in [4.78, 5) is 0. The van der Waals surface area contributed by atoms with Crippen molar-refractivity contribution in [2.24, 2.45) is 5.41 Å². The van der Waals surface area contributed by atoms with Crippen LogP contribution >= 0.6 is 0 Å². The van der Waals surface area contributed by atoms with Gasteiger partial charge in [0.1, 0.15) is 23.6 Å². The first kappa shape index (κ1) is 16.6. The standard InChI is InChI=1S/C19H18F2N2O/c1-12-2-3-13(15(11-23)14(12)10-22)4-5-18-6-8-19(24,9-7-18)17(21)16(18)20/h2-3,24H,4-9H2,1H3. The minimum Gasteiger partial charge on any atom is -0.383 e. The molecule has 3 aliphatic carbocycles. The average Bonchev–Trinajstić information content (AvgIpc) is 2.59. The van der Waals surface area contributed by atoms with Gasteiger partial charge in [-0.2, -0.15) is 10.5 Å². The number of nitrogens with zero attached hydrogens (tertiary/aromatic N) is 2. The molecule has 1 fully saturated rings. The Bertz CT molecular complexity index is 806. The summed E-state index contributed by atoms with van der Waals surface area (Å²) in [6.07, 6.45) is 2.04. The zero-order valence-electron chi connectivity index (χ0n) is 13.5. The Labute approximate surface area is 139 Å². The van der Waals surface area contributed by atoms with Crippen molar-refractivity contribution >= 4 is 0 Å². The summed E-state index contributed by atoms with van der Waals surface area (Å²) in [5.74, 6) is -1.84. The Kier molecular flexibility index (Phi) is 3.94. The summed E-state index contributed by atoms with van der Waals surface area (Å²) in [6.45, 7) is 1.77. The van der Waals surface area contributed by atoms with Crippen LogP contribution in [0.5, 0.6) is 0 Å². The molecule has 0 saturated heterocycles. The number of nitriles is 2. The molecule has 24 heavy (non-hydrogen) atoms. The number of fused-ring (bicyclic) bond motifs is 2. The number of benzene rings is 1. The molecule has 0 spiro atoms. The molecule has 0 unspecified atom stereocenters. The Morgan fingerprint density at radius 2 is 1.67 bits per heavy atom. The second-order valence-electron chi connectivity index (χ2n) is 6.96. The summed E-state index contributed by atoms with van der Waals surface area (Å²) in [5.41, 5.74) is -0.430. The summed E-state index contributed by atoms with van der Waals surface area (Å²) >= 11 is 0. The maximum atomic E-state index is 14.5. The van der Waals surface area contributed by atoms with Crippen LogP contribution in [0.25, 0.3) is 0 Å². The first-order chi connectivity index (χ1) is 11.4. The van der Waals surface area contributed by atoms with E-state index in [9.17, 15) is 24.4 Å². The van der Waals surface area contributed by atoms with Crippen LogP contribution in [0, 0.1) is 35.0 Å². The van der Waals surface area contributed by atoms with Crippen LogP contribution in [-0.4, -0.2) is 10.7 Å². The minimum atomic E-state index is -1.62. The molecular formula is C19H18F2N2O. The molecule has 0 aliphatic heterocycles. The molecule has 2 bridgehead atoms. The lowest BCUT2D eigenvalue weighted by molar-refractivity contribution is -0.0497. The van der Waals surface area contributed by atoms with Gasteiger partial charge in [0.2, 0.25) is 0 Å². The predicted molar refractivity (Wildman–Crippen MR) is 84.0 cm³/mol. The summed E-state index contributed by atoms with van der Waals surface area (Å²) in [7, 11) is 0. The highest BCUT2D eigenvalue weighted by atomic mass is 19.2. The average molecular weight is 328 g/mol. The Morgan fingerprint density at radius 3 is 2.25 bits per heavy atom. The number of hydrogen-bond acceptors (Lipinski definition) is 3. The maximum absolute atomic E-state index is 14.5. The highest BCUT2D eigenvalue weighted by Crippen LogP contribution is 2.58. The van der Waals surface area contributed by atoms with Crippen molar-refractivity contribution < 1.29 is 13.9 Å². The molecule has 0 amide bonds. The molecule has 0 radical (unpaired) electrons. The highest BCUT2D eigenvalue weighted by Gasteiger charge is 2.54. The number of halogens is 2. The summed E-state index contributed by atoms with van der Waals surface area (Å²) in [6, 6.07) is 7.67. The van der Waals surface area contributed by atoms with Gasteiger partial charge in [0, 0.05) is 5.41 Å². The third-order valence-electron chi connectivity index (χ3n) is 5.70. The van der Waals surface area contributed by atoms with E-state index in [0.29, 0.717) is 42.4 Å². The largest absolute Gasteiger partial charge is 0.383 e. The molecule has 1 saturated carbocycles. The number of aryl methyl sites for hydroxylation is 2. The van der Waals surface area contributed by atoms with Gasteiger partial charge in [-0.15, -0.1) is 0 Å². The molecule has 0 atom stereocenters. The van der Waals surface area contributed by atoms with Crippen molar-refractivity contribution in [1.29, 1.82) is 10.5 Å². The van der Waals surface area contributed by atoms with Gasteiger partial charge < -0.3 is 5.11 Å². The van der Waals surface area contributed by atoms with Gasteiger partial charge in [0.05, 0.1) is 11.1 Å². The van der Waals surface area contributed by atoms with Crippen molar-refractivity contribution in [3.05, 3.63) is 46.0 Å². The highest BCUT2D eigenvalue weighted by molar-refractivity contribution is 5.54. The van der Waals surface area contributed by atoms with Crippen LogP contribution in [0.1, 0.15) is 54.4 Å². The van der Waals surface area contributed by atoms with Gasteiger partial charge in [0.25, 0.3) is 0 Å². The Balaban J connectivity index is 1.91. The molecule has 1 aromatic rings. The second-order valence-corrected chi connectivity index (χ2v) is 6.96. The number of rotatable bonds is 3. The fourth-order valence-corrected chi connectivity index (χ4v) is 3.98. The Morgan fingerprint density at radius 1 is 1.04 bits per heavy atom.